The highest BCUT2D eigenvalue weighted by atomic mass is 19.3. The van der Waals surface area contributed by atoms with Crippen LogP contribution in [0.4, 0.5) is 17.6 Å². The Hall–Kier alpha value is -0.320. The van der Waals surface area contributed by atoms with Crippen LogP contribution < -0.4 is 5.73 Å². The van der Waals surface area contributed by atoms with Crippen molar-refractivity contribution in [3.63, 3.8) is 0 Å². The van der Waals surface area contributed by atoms with Crippen molar-refractivity contribution in [2.75, 3.05) is 0 Å². The van der Waals surface area contributed by atoms with Gasteiger partial charge < -0.3 is 5.73 Å². The fourth-order valence-corrected chi connectivity index (χ4v) is 0.598. The Morgan fingerprint density at radius 2 is 1.58 bits per heavy atom. The molecule has 0 saturated heterocycles. The molecule has 12 heavy (non-hydrogen) atoms. The summed E-state index contributed by atoms with van der Waals surface area (Å²) < 4.78 is 47.7. The SMILES string of the molecule is CC(C)(N)CCC(F)(F)C(F)F. The van der Waals surface area contributed by atoms with Crippen LogP contribution in [0, 0.1) is 0 Å². The standard InChI is InChI=1S/C7H13F4N/c1-6(2,12)3-4-7(10,11)5(8)9/h5H,3-4,12H2,1-2H3. The summed E-state index contributed by atoms with van der Waals surface area (Å²) in [6, 6.07) is 0. The molecule has 0 heterocycles. The van der Waals surface area contributed by atoms with Crippen LogP contribution in [0.5, 0.6) is 0 Å². The van der Waals surface area contributed by atoms with Gasteiger partial charge >= 0.3 is 12.3 Å². The molecule has 1 nitrogen and oxygen atoms in total. The van der Waals surface area contributed by atoms with Gasteiger partial charge in [-0.25, -0.2) is 17.6 Å². The summed E-state index contributed by atoms with van der Waals surface area (Å²) in [5.41, 5.74) is 4.54. The van der Waals surface area contributed by atoms with E-state index >= 15 is 0 Å². The molecule has 0 radical (unpaired) electrons. The second kappa shape index (κ2) is 3.60. The maximum Gasteiger partial charge on any atom is 0.307 e. The van der Waals surface area contributed by atoms with Crippen molar-refractivity contribution < 1.29 is 17.6 Å². The zero-order valence-corrected chi connectivity index (χ0v) is 7.08. The van der Waals surface area contributed by atoms with Crippen molar-refractivity contribution >= 4 is 0 Å². The van der Waals surface area contributed by atoms with Crippen LogP contribution in [0.3, 0.4) is 0 Å². The summed E-state index contributed by atoms with van der Waals surface area (Å²) in [5.74, 6) is -3.91. The number of alkyl halides is 4. The van der Waals surface area contributed by atoms with E-state index in [-0.39, 0.29) is 6.42 Å². The Morgan fingerprint density at radius 1 is 1.17 bits per heavy atom. The second-order valence-electron chi connectivity index (χ2n) is 3.55. The molecular weight excluding hydrogens is 174 g/mol. The Morgan fingerprint density at radius 3 is 1.83 bits per heavy atom. The molecular formula is C7H13F4N. The summed E-state index contributed by atoms with van der Waals surface area (Å²) in [4.78, 5) is 0. The van der Waals surface area contributed by atoms with Crippen LogP contribution in [0.2, 0.25) is 0 Å². The lowest BCUT2D eigenvalue weighted by Gasteiger charge is -2.22. The minimum Gasteiger partial charge on any atom is -0.326 e. The Kier molecular flexibility index (Phi) is 3.50. The number of hydrogen-bond donors (Lipinski definition) is 1. The third-order valence-corrected chi connectivity index (χ3v) is 1.42. The molecule has 74 valence electrons. The normalized spacial score (nSPS) is 14.0. The summed E-state index contributed by atoms with van der Waals surface area (Å²) in [6.07, 6.45) is -4.58. The molecule has 0 aromatic carbocycles. The zero-order valence-electron chi connectivity index (χ0n) is 7.08. The van der Waals surface area contributed by atoms with Gasteiger partial charge in [-0.1, -0.05) is 0 Å². The van der Waals surface area contributed by atoms with Crippen molar-refractivity contribution in [1.29, 1.82) is 0 Å². The first-order valence-electron chi connectivity index (χ1n) is 3.60. The quantitative estimate of drug-likeness (QED) is 0.672. The van der Waals surface area contributed by atoms with Crippen molar-refractivity contribution in [1.82, 2.24) is 0 Å². The molecule has 0 aliphatic carbocycles. The van der Waals surface area contributed by atoms with E-state index in [2.05, 4.69) is 0 Å². The average Bonchev–Trinajstić information content (AvgIpc) is 1.82. The monoisotopic (exact) mass is 187 g/mol. The summed E-state index contributed by atoms with van der Waals surface area (Å²) in [6.45, 7) is 3.04. The molecule has 0 atom stereocenters. The van der Waals surface area contributed by atoms with Gasteiger partial charge in [0, 0.05) is 12.0 Å². The smallest absolute Gasteiger partial charge is 0.307 e. The summed E-state index contributed by atoms with van der Waals surface area (Å²) >= 11 is 0. The van der Waals surface area contributed by atoms with E-state index in [4.69, 9.17) is 5.73 Å². The van der Waals surface area contributed by atoms with E-state index in [1.807, 2.05) is 0 Å². The predicted octanol–water partition coefficient (Wildman–Crippen LogP) is 2.40. The second-order valence-corrected chi connectivity index (χ2v) is 3.55. The zero-order chi connectivity index (χ0) is 9.99. The lowest BCUT2D eigenvalue weighted by atomic mass is 9.97. The molecule has 5 heteroatoms. The Balaban J connectivity index is 3.93. The Bertz CT molecular complexity index is 139. The maximum atomic E-state index is 12.3. The molecule has 0 saturated carbocycles. The van der Waals surface area contributed by atoms with Gasteiger partial charge in [0.2, 0.25) is 0 Å². The molecule has 0 bridgehead atoms. The van der Waals surface area contributed by atoms with Gasteiger partial charge in [0.25, 0.3) is 0 Å². The van der Waals surface area contributed by atoms with Crippen LogP contribution in [0.25, 0.3) is 0 Å². The molecule has 0 rings (SSSR count). The number of rotatable bonds is 4. The lowest BCUT2D eigenvalue weighted by molar-refractivity contribution is -0.135. The van der Waals surface area contributed by atoms with Crippen LogP contribution in [0.1, 0.15) is 26.7 Å². The lowest BCUT2D eigenvalue weighted by Crippen LogP contribution is -2.36. The van der Waals surface area contributed by atoms with Crippen molar-refractivity contribution in [3.05, 3.63) is 0 Å². The molecule has 0 aliphatic rings. The largest absolute Gasteiger partial charge is 0.326 e. The first-order valence-corrected chi connectivity index (χ1v) is 3.60. The fraction of sp³-hybridized carbons (Fsp3) is 1.00. The summed E-state index contributed by atoms with van der Waals surface area (Å²) in [5, 5.41) is 0. The molecule has 0 aromatic rings. The highest BCUT2D eigenvalue weighted by molar-refractivity contribution is 4.78. The van der Waals surface area contributed by atoms with Crippen LogP contribution >= 0.6 is 0 Å². The van der Waals surface area contributed by atoms with E-state index < -0.39 is 24.3 Å². The highest BCUT2D eigenvalue weighted by Gasteiger charge is 2.40. The van der Waals surface area contributed by atoms with Gasteiger partial charge in [-0.15, -0.1) is 0 Å². The van der Waals surface area contributed by atoms with E-state index in [9.17, 15) is 17.6 Å². The van der Waals surface area contributed by atoms with Gasteiger partial charge in [0.1, 0.15) is 0 Å². The van der Waals surface area contributed by atoms with Crippen LogP contribution in [-0.2, 0) is 0 Å². The predicted molar refractivity (Wildman–Crippen MR) is 38.5 cm³/mol. The van der Waals surface area contributed by atoms with E-state index in [0.717, 1.165) is 0 Å². The fourth-order valence-electron chi connectivity index (χ4n) is 0.598. The minimum absolute atomic E-state index is 0.121. The van der Waals surface area contributed by atoms with Gasteiger partial charge in [0.05, 0.1) is 0 Å². The minimum atomic E-state index is -3.91. The molecule has 0 aromatic heterocycles. The average molecular weight is 187 g/mol. The molecule has 0 unspecified atom stereocenters. The molecule has 0 amide bonds. The number of halogens is 4. The molecule has 0 aliphatic heterocycles. The summed E-state index contributed by atoms with van der Waals surface area (Å²) in [7, 11) is 0. The molecule has 0 fully saturated rings. The van der Waals surface area contributed by atoms with E-state index in [0.29, 0.717) is 0 Å². The highest BCUT2D eigenvalue weighted by Crippen LogP contribution is 2.29. The maximum absolute atomic E-state index is 12.3. The first-order chi connectivity index (χ1) is 5.15. The van der Waals surface area contributed by atoms with Crippen LogP contribution in [0.15, 0.2) is 0 Å². The van der Waals surface area contributed by atoms with Gasteiger partial charge in [0.15, 0.2) is 0 Å². The van der Waals surface area contributed by atoms with Crippen molar-refractivity contribution in [2.45, 2.75) is 44.6 Å². The first kappa shape index (κ1) is 11.7. The number of hydrogen-bond acceptors (Lipinski definition) is 1. The van der Waals surface area contributed by atoms with Gasteiger partial charge in [-0.3, -0.25) is 0 Å². The van der Waals surface area contributed by atoms with Gasteiger partial charge in [-0.2, -0.15) is 0 Å². The van der Waals surface area contributed by atoms with Crippen molar-refractivity contribution in [3.8, 4) is 0 Å². The third kappa shape index (κ3) is 4.54. The van der Waals surface area contributed by atoms with E-state index in [1.165, 1.54) is 13.8 Å². The van der Waals surface area contributed by atoms with Crippen molar-refractivity contribution in [2.24, 2.45) is 5.73 Å². The number of nitrogens with two attached hydrogens (primary N) is 1. The molecule has 0 spiro atoms. The van der Waals surface area contributed by atoms with E-state index in [1.54, 1.807) is 0 Å². The van der Waals surface area contributed by atoms with Crippen LogP contribution in [-0.4, -0.2) is 17.9 Å². The third-order valence-electron chi connectivity index (χ3n) is 1.42. The topological polar surface area (TPSA) is 26.0 Å². The molecule has 2 N–H and O–H groups in total. The van der Waals surface area contributed by atoms with Gasteiger partial charge in [-0.05, 0) is 20.3 Å². The Labute approximate surface area is 68.9 Å².